The zero-order valence-electron chi connectivity index (χ0n) is 10.8. The molecule has 0 aliphatic carbocycles. The fourth-order valence-electron chi connectivity index (χ4n) is 3.04. The minimum atomic E-state index is -0.245. The summed E-state index contributed by atoms with van der Waals surface area (Å²) in [5.74, 6) is 0.342. The smallest absolute Gasteiger partial charge is 0.101 e. The van der Waals surface area contributed by atoms with E-state index in [1.165, 1.54) is 6.26 Å². The third kappa shape index (κ3) is 2.64. The molecular formula is C13H24N2O2. The van der Waals surface area contributed by atoms with Crippen LogP contribution in [0.2, 0.25) is 0 Å². The summed E-state index contributed by atoms with van der Waals surface area (Å²) in [4.78, 5) is 2.34. The highest BCUT2D eigenvalue weighted by Crippen LogP contribution is 2.27. The molecule has 0 aromatic carbocycles. The van der Waals surface area contributed by atoms with E-state index in [-0.39, 0.29) is 18.2 Å². The summed E-state index contributed by atoms with van der Waals surface area (Å²) < 4.78 is 5.51. The number of rotatable bonds is 3. The van der Waals surface area contributed by atoms with Crippen LogP contribution in [0.25, 0.3) is 0 Å². The van der Waals surface area contributed by atoms with Gasteiger partial charge in [-0.15, -0.1) is 0 Å². The van der Waals surface area contributed by atoms with Gasteiger partial charge in [0, 0.05) is 31.6 Å². The van der Waals surface area contributed by atoms with Crippen molar-refractivity contribution in [3.63, 3.8) is 0 Å². The SMILES string of the molecule is C=COC1CCN(C)C(C2NCC(C)C2O)C1. The van der Waals surface area contributed by atoms with E-state index in [0.29, 0.717) is 12.0 Å². The molecule has 98 valence electrons. The average Bonchev–Trinajstić information content (AvgIpc) is 2.63. The van der Waals surface area contributed by atoms with Gasteiger partial charge in [0.05, 0.1) is 12.4 Å². The van der Waals surface area contributed by atoms with Gasteiger partial charge in [0.25, 0.3) is 0 Å². The molecule has 5 unspecified atom stereocenters. The number of aliphatic hydroxyl groups excluding tert-OH is 1. The molecule has 2 N–H and O–H groups in total. The van der Waals surface area contributed by atoms with Gasteiger partial charge in [0.1, 0.15) is 6.10 Å². The van der Waals surface area contributed by atoms with Crippen molar-refractivity contribution in [3.05, 3.63) is 12.8 Å². The van der Waals surface area contributed by atoms with Crippen molar-refractivity contribution >= 4 is 0 Å². The second-order valence-electron chi connectivity index (χ2n) is 5.40. The Kier molecular flexibility index (Phi) is 4.07. The van der Waals surface area contributed by atoms with Crippen molar-refractivity contribution < 1.29 is 9.84 Å². The molecule has 2 rings (SSSR count). The Morgan fingerprint density at radius 3 is 2.88 bits per heavy atom. The summed E-state index contributed by atoms with van der Waals surface area (Å²) in [6.07, 6.45) is 3.54. The monoisotopic (exact) mass is 240 g/mol. The van der Waals surface area contributed by atoms with Gasteiger partial charge in [-0.05, 0) is 19.4 Å². The molecule has 4 heteroatoms. The first-order valence-electron chi connectivity index (χ1n) is 6.51. The van der Waals surface area contributed by atoms with E-state index in [2.05, 4.69) is 30.8 Å². The maximum atomic E-state index is 10.2. The zero-order valence-corrected chi connectivity index (χ0v) is 10.8. The number of ether oxygens (including phenoxy) is 1. The molecule has 2 saturated heterocycles. The summed E-state index contributed by atoms with van der Waals surface area (Å²) in [5, 5.41) is 13.6. The highest BCUT2D eigenvalue weighted by molar-refractivity contribution is 4.99. The standard InChI is InChI=1S/C13H24N2O2/c1-4-17-10-5-6-15(3)11(7-10)12-13(16)9(2)8-14-12/h4,9-14,16H,1,5-8H2,2-3H3. The first-order valence-corrected chi connectivity index (χ1v) is 6.51. The van der Waals surface area contributed by atoms with Crippen LogP contribution in [0, 0.1) is 5.92 Å². The Morgan fingerprint density at radius 2 is 2.29 bits per heavy atom. The summed E-state index contributed by atoms with van der Waals surface area (Å²) in [7, 11) is 2.13. The average molecular weight is 240 g/mol. The molecule has 0 aromatic rings. The van der Waals surface area contributed by atoms with Gasteiger partial charge in [0.15, 0.2) is 0 Å². The van der Waals surface area contributed by atoms with Crippen LogP contribution in [0.4, 0.5) is 0 Å². The highest BCUT2D eigenvalue weighted by Gasteiger charge is 2.41. The van der Waals surface area contributed by atoms with Gasteiger partial charge in [-0.25, -0.2) is 0 Å². The van der Waals surface area contributed by atoms with Crippen LogP contribution >= 0.6 is 0 Å². The third-order valence-corrected chi connectivity index (χ3v) is 4.20. The summed E-state index contributed by atoms with van der Waals surface area (Å²) in [6, 6.07) is 0.528. The van der Waals surface area contributed by atoms with Gasteiger partial charge in [-0.1, -0.05) is 13.5 Å². The van der Waals surface area contributed by atoms with Crippen LogP contribution in [0.1, 0.15) is 19.8 Å². The van der Waals surface area contributed by atoms with Crippen LogP contribution in [0.5, 0.6) is 0 Å². The minimum absolute atomic E-state index is 0.172. The molecule has 4 nitrogen and oxygen atoms in total. The molecule has 5 atom stereocenters. The van der Waals surface area contributed by atoms with Gasteiger partial charge in [0.2, 0.25) is 0 Å². The predicted octanol–water partition coefficient (Wildman–Crippen LogP) is 0.578. The Hall–Kier alpha value is -0.580. The molecule has 0 spiro atoms. The lowest BCUT2D eigenvalue weighted by molar-refractivity contribution is 0.00719. The van der Waals surface area contributed by atoms with Crippen molar-refractivity contribution in [2.75, 3.05) is 20.1 Å². The van der Waals surface area contributed by atoms with Crippen molar-refractivity contribution in [3.8, 4) is 0 Å². The maximum absolute atomic E-state index is 10.2. The van der Waals surface area contributed by atoms with E-state index in [1.807, 2.05) is 0 Å². The molecule has 0 bridgehead atoms. The van der Waals surface area contributed by atoms with Crippen molar-refractivity contribution in [1.82, 2.24) is 10.2 Å². The van der Waals surface area contributed by atoms with Gasteiger partial charge in [-0.2, -0.15) is 0 Å². The Morgan fingerprint density at radius 1 is 1.53 bits per heavy atom. The number of hydrogen-bond acceptors (Lipinski definition) is 4. The lowest BCUT2D eigenvalue weighted by atomic mass is 9.90. The number of hydrogen-bond donors (Lipinski definition) is 2. The van der Waals surface area contributed by atoms with Crippen LogP contribution in [0.3, 0.4) is 0 Å². The molecular weight excluding hydrogens is 216 g/mol. The normalized spacial score (nSPS) is 43.6. The van der Waals surface area contributed by atoms with Crippen molar-refractivity contribution in [2.45, 2.75) is 44.1 Å². The number of aliphatic hydroxyl groups is 1. The van der Waals surface area contributed by atoms with Crippen molar-refractivity contribution in [2.24, 2.45) is 5.92 Å². The van der Waals surface area contributed by atoms with Gasteiger partial charge in [-0.3, -0.25) is 0 Å². The topological polar surface area (TPSA) is 44.7 Å². The quantitative estimate of drug-likeness (QED) is 0.708. The first kappa shape index (κ1) is 12.9. The summed E-state index contributed by atoms with van der Waals surface area (Å²) in [5.41, 5.74) is 0. The zero-order chi connectivity index (χ0) is 12.4. The predicted molar refractivity (Wildman–Crippen MR) is 67.7 cm³/mol. The number of likely N-dealkylation sites (tertiary alicyclic amines) is 1. The second kappa shape index (κ2) is 5.38. The summed E-state index contributed by atoms with van der Waals surface area (Å²) >= 11 is 0. The first-order chi connectivity index (χ1) is 8.13. The van der Waals surface area contributed by atoms with E-state index in [0.717, 1.165) is 25.9 Å². The minimum Gasteiger partial charge on any atom is -0.499 e. The molecule has 2 heterocycles. The van der Waals surface area contributed by atoms with Crippen LogP contribution in [-0.2, 0) is 4.74 Å². The van der Waals surface area contributed by atoms with Crippen molar-refractivity contribution in [1.29, 1.82) is 0 Å². The number of nitrogens with one attached hydrogen (secondary N) is 1. The molecule has 17 heavy (non-hydrogen) atoms. The van der Waals surface area contributed by atoms with Crippen LogP contribution in [-0.4, -0.2) is 54.4 Å². The van der Waals surface area contributed by atoms with E-state index in [1.54, 1.807) is 0 Å². The Balaban J connectivity index is 2.00. The van der Waals surface area contributed by atoms with E-state index in [9.17, 15) is 5.11 Å². The Bertz CT molecular complexity index is 272. The molecule has 2 fully saturated rings. The lowest BCUT2D eigenvalue weighted by Gasteiger charge is -2.41. The molecule has 0 aromatic heterocycles. The second-order valence-corrected chi connectivity index (χ2v) is 5.40. The molecule has 2 aliphatic rings. The van der Waals surface area contributed by atoms with E-state index in [4.69, 9.17) is 4.74 Å². The molecule has 0 radical (unpaired) electrons. The van der Waals surface area contributed by atoms with Crippen LogP contribution < -0.4 is 5.32 Å². The number of likely N-dealkylation sites (N-methyl/N-ethyl adjacent to an activating group) is 1. The maximum Gasteiger partial charge on any atom is 0.101 e. The largest absolute Gasteiger partial charge is 0.499 e. The number of piperidine rings is 1. The summed E-state index contributed by atoms with van der Waals surface area (Å²) in [6.45, 7) is 7.64. The highest BCUT2D eigenvalue weighted by atomic mass is 16.5. The fourth-order valence-corrected chi connectivity index (χ4v) is 3.04. The van der Waals surface area contributed by atoms with Crippen LogP contribution in [0.15, 0.2) is 12.8 Å². The third-order valence-electron chi connectivity index (χ3n) is 4.20. The van der Waals surface area contributed by atoms with Gasteiger partial charge < -0.3 is 20.1 Å². The molecule has 2 aliphatic heterocycles. The van der Waals surface area contributed by atoms with Gasteiger partial charge >= 0.3 is 0 Å². The van der Waals surface area contributed by atoms with E-state index >= 15 is 0 Å². The van der Waals surface area contributed by atoms with E-state index < -0.39 is 0 Å². The number of nitrogens with zero attached hydrogens (tertiary/aromatic N) is 1. The Labute approximate surface area is 104 Å². The lowest BCUT2D eigenvalue weighted by Crippen LogP contribution is -2.55. The molecule has 0 amide bonds. The molecule has 0 saturated carbocycles. The fraction of sp³-hybridized carbons (Fsp3) is 0.846.